The predicted molar refractivity (Wildman–Crippen MR) is 146 cm³/mol. The predicted octanol–water partition coefficient (Wildman–Crippen LogP) is 5.48. The van der Waals surface area contributed by atoms with Crippen molar-refractivity contribution in [2.75, 3.05) is 37.1 Å². The molecule has 3 aromatic rings. The van der Waals surface area contributed by atoms with Gasteiger partial charge in [0.2, 0.25) is 0 Å². The Balaban J connectivity index is 1.91. The molecule has 0 aromatic heterocycles. The molecular formula is C30H32N2O5. The highest BCUT2D eigenvalue weighted by Gasteiger charge is 2.47. The van der Waals surface area contributed by atoms with Gasteiger partial charge in [0, 0.05) is 24.5 Å². The first-order chi connectivity index (χ1) is 17.8. The van der Waals surface area contributed by atoms with Crippen molar-refractivity contribution in [2.45, 2.75) is 26.8 Å². The number of amides is 1. The minimum atomic E-state index is -0.838. The van der Waals surface area contributed by atoms with Crippen LogP contribution in [-0.4, -0.2) is 44.1 Å². The zero-order valence-electron chi connectivity index (χ0n) is 21.8. The zero-order chi connectivity index (χ0) is 26.7. The number of Topliss-reactive ketones (excluding diaryl/α,β-unsaturated/α-hetero) is 1. The van der Waals surface area contributed by atoms with E-state index in [0.717, 1.165) is 24.3 Å². The van der Waals surface area contributed by atoms with E-state index in [-0.39, 0.29) is 11.3 Å². The first-order valence-electron chi connectivity index (χ1n) is 12.3. The van der Waals surface area contributed by atoms with Gasteiger partial charge in [0.25, 0.3) is 11.7 Å². The molecule has 1 saturated heterocycles. The van der Waals surface area contributed by atoms with E-state index in [9.17, 15) is 14.7 Å². The van der Waals surface area contributed by atoms with Gasteiger partial charge in [-0.3, -0.25) is 14.5 Å². The van der Waals surface area contributed by atoms with Crippen LogP contribution in [0.5, 0.6) is 11.5 Å². The van der Waals surface area contributed by atoms with Crippen molar-refractivity contribution < 1.29 is 24.2 Å². The number of nitrogens with zero attached hydrogens (tertiary/aromatic N) is 2. The van der Waals surface area contributed by atoms with E-state index in [0.29, 0.717) is 28.3 Å². The molecule has 7 heteroatoms. The van der Waals surface area contributed by atoms with Gasteiger partial charge in [-0.25, -0.2) is 0 Å². The summed E-state index contributed by atoms with van der Waals surface area (Å²) in [7, 11) is 3.07. The molecule has 7 nitrogen and oxygen atoms in total. The average molecular weight is 501 g/mol. The van der Waals surface area contributed by atoms with Gasteiger partial charge in [0.05, 0.1) is 31.4 Å². The van der Waals surface area contributed by atoms with Crippen molar-refractivity contribution in [1.82, 2.24) is 0 Å². The topological polar surface area (TPSA) is 79.3 Å². The Kier molecular flexibility index (Phi) is 7.53. The molecule has 0 bridgehead atoms. The molecule has 1 amide bonds. The third-order valence-electron chi connectivity index (χ3n) is 6.74. The number of carbonyl (C=O) groups is 2. The van der Waals surface area contributed by atoms with Crippen LogP contribution in [0.3, 0.4) is 0 Å². The van der Waals surface area contributed by atoms with E-state index < -0.39 is 17.7 Å². The molecule has 0 aliphatic carbocycles. The van der Waals surface area contributed by atoms with Crippen LogP contribution in [0, 0.1) is 6.92 Å². The molecule has 1 heterocycles. The fourth-order valence-corrected chi connectivity index (χ4v) is 4.77. The largest absolute Gasteiger partial charge is 0.507 e. The van der Waals surface area contributed by atoms with Crippen molar-refractivity contribution in [3.8, 4) is 11.5 Å². The summed E-state index contributed by atoms with van der Waals surface area (Å²) in [6.45, 7) is 7.75. The minimum absolute atomic E-state index is 0.00638. The van der Waals surface area contributed by atoms with Gasteiger partial charge in [0.1, 0.15) is 17.3 Å². The zero-order valence-corrected chi connectivity index (χ0v) is 21.8. The number of methoxy groups -OCH3 is 2. The van der Waals surface area contributed by atoms with Crippen molar-refractivity contribution in [3.05, 3.63) is 89.0 Å². The average Bonchev–Trinajstić information content (AvgIpc) is 3.19. The molecule has 0 spiro atoms. The molecule has 1 unspecified atom stereocenters. The summed E-state index contributed by atoms with van der Waals surface area (Å²) < 4.78 is 10.8. The monoisotopic (exact) mass is 500 g/mol. The van der Waals surface area contributed by atoms with E-state index in [1.54, 1.807) is 43.5 Å². The lowest BCUT2D eigenvalue weighted by molar-refractivity contribution is -0.132. The summed E-state index contributed by atoms with van der Waals surface area (Å²) in [5.74, 6) is -0.683. The van der Waals surface area contributed by atoms with Crippen LogP contribution >= 0.6 is 0 Å². The number of ketones is 1. The Hall–Kier alpha value is -4.26. The molecule has 1 aliphatic heterocycles. The van der Waals surface area contributed by atoms with Crippen LogP contribution < -0.4 is 19.3 Å². The van der Waals surface area contributed by atoms with Gasteiger partial charge in [-0.15, -0.1) is 0 Å². The summed E-state index contributed by atoms with van der Waals surface area (Å²) >= 11 is 0. The maximum absolute atomic E-state index is 13.5. The molecule has 1 N–H and O–H groups in total. The van der Waals surface area contributed by atoms with Crippen LogP contribution in [0.1, 0.15) is 36.6 Å². The summed E-state index contributed by atoms with van der Waals surface area (Å²) in [5, 5.41) is 11.5. The molecule has 1 atom stereocenters. The molecule has 1 aliphatic rings. The second-order valence-electron chi connectivity index (χ2n) is 8.83. The molecule has 0 saturated carbocycles. The molecule has 192 valence electrons. The van der Waals surface area contributed by atoms with Crippen LogP contribution in [0.25, 0.3) is 5.76 Å². The normalized spacial score (nSPS) is 16.7. The van der Waals surface area contributed by atoms with Crippen LogP contribution in [0.15, 0.2) is 72.3 Å². The lowest BCUT2D eigenvalue weighted by Gasteiger charge is -2.27. The Labute approximate surface area is 217 Å². The van der Waals surface area contributed by atoms with Crippen molar-refractivity contribution >= 4 is 28.8 Å². The molecule has 4 rings (SSSR count). The number of aliphatic hydroxyl groups is 1. The molecular weight excluding hydrogens is 468 g/mol. The van der Waals surface area contributed by atoms with Crippen LogP contribution in [0.4, 0.5) is 11.4 Å². The Bertz CT molecular complexity index is 1330. The van der Waals surface area contributed by atoms with Crippen molar-refractivity contribution in [3.63, 3.8) is 0 Å². The van der Waals surface area contributed by atoms with E-state index in [1.807, 2.05) is 37.3 Å². The number of anilines is 2. The van der Waals surface area contributed by atoms with Gasteiger partial charge >= 0.3 is 0 Å². The summed E-state index contributed by atoms with van der Waals surface area (Å²) in [5.41, 5.74) is 3.50. The van der Waals surface area contributed by atoms with Gasteiger partial charge in [-0.1, -0.05) is 23.8 Å². The van der Waals surface area contributed by atoms with Crippen LogP contribution in [-0.2, 0) is 9.59 Å². The third kappa shape index (κ3) is 4.77. The highest BCUT2D eigenvalue weighted by Crippen LogP contribution is 2.44. The fourth-order valence-electron chi connectivity index (χ4n) is 4.77. The highest BCUT2D eigenvalue weighted by molar-refractivity contribution is 6.51. The number of benzene rings is 3. The number of ether oxygens (including phenoxy) is 2. The number of hydrogen-bond donors (Lipinski definition) is 1. The standard InChI is InChI=1S/C30H32N2O5/c1-6-31(7-2)21-11-13-22(14-12-21)32-27(20-9-15-23(36-4)16-10-20)26(29(34)30(32)35)28(33)24-18-19(3)8-17-25(24)37-5/h8-18,27,33H,6-7H2,1-5H3/b28-26+. The number of hydrogen-bond acceptors (Lipinski definition) is 6. The minimum Gasteiger partial charge on any atom is -0.507 e. The van der Waals surface area contributed by atoms with Gasteiger partial charge in [-0.2, -0.15) is 0 Å². The maximum atomic E-state index is 13.5. The maximum Gasteiger partial charge on any atom is 0.300 e. The third-order valence-corrected chi connectivity index (χ3v) is 6.74. The lowest BCUT2D eigenvalue weighted by atomic mass is 9.94. The quantitative estimate of drug-likeness (QED) is 0.251. The summed E-state index contributed by atoms with van der Waals surface area (Å²) in [6, 6.07) is 19.2. The Morgan fingerprint density at radius 3 is 2.14 bits per heavy atom. The SMILES string of the molecule is CCN(CC)c1ccc(N2C(=O)C(=O)/C(=C(/O)c3cc(C)ccc3OC)C2c2ccc(OC)cc2)cc1. The van der Waals surface area contributed by atoms with Crippen molar-refractivity contribution in [2.24, 2.45) is 0 Å². The molecule has 3 aromatic carbocycles. The number of carbonyl (C=O) groups excluding carboxylic acids is 2. The van der Waals surface area contributed by atoms with E-state index in [4.69, 9.17) is 9.47 Å². The second-order valence-corrected chi connectivity index (χ2v) is 8.83. The lowest BCUT2D eigenvalue weighted by Crippen LogP contribution is -2.29. The van der Waals surface area contributed by atoms with E-state index >= 15 is 0 Å². The van der Waals surface area contributed by atoms with Gasteiger partial charge in [0.15, 0.2) is 0 Å². The molecule has 0 radical (unpaired) electrons. The number of aliphatic hydroxyl groups excluding tert-OH is 1. The Morgan fingerprint density at radius 1 is 0.919 bits per heavy atom. The van der Waals surface area contributed by atoms with Crippen molar-refractivity contribution in [1.29, 1.82) is 0 Å². The highest BCUT2D eigenvalue weighted by atomic mass is 16.5. The van der Waals surface area contributed by atoms with E-state index in [2.05, 4.69) is 18.7 Å². The smallest absolute Gasteiger partial charge is 0.300 e. The van der Waals surface area contributed by atoms with Crippen LogP contribution in [0.2, 0.25) is 0 Å². The fraction of sp³-hybridized carbons (Fsp3) is 0.267. The molecule has 1 fully saturated rings. The Morgan fingerprint density at radius 2 is 1.57 bits per heavy atom. The van der Waals surface area contributed by atoms with Gasteiger partial charge in [-0.05, 0) is 74.9 Å². The van der Waals surface area contributed by atoms with Gasteiger partial charge < -0.3 is 19.5 Å². The second kappa shape index (κ2) is 10.8. The first-order valence-corrected chi connectivity index (χ1v) is 12.3. The number of aryl methyl sites for hydroxylation is 1. The van der Waals surface area contributed by atoms with E-state index in [1.165, 1.54) is 12.0 Å². The first kappa shape index (κ1) is 25.8. The molecule has 37 heavy (non-hydrogen) atoms. The summed E-state index contributed by atoms with van der Waals surface area (Å²) in [4.78, 5) is 30.6. The number of rotatable bonds is 8. The summed E-state index contributed by atoms with van der Waals surface area (Å²) in [6.07, 6.45) is 0.